The van der Waals surface area contributed by atoms with E-state index in [-0.39, 0.29) is 36.7 Å². The van der Waals surface area contributed by atoms with Gasteiger partial charge in [-0.1, -0.05) is 26.0 Å². The molecule has 0 fully saturated rings. The maximum absolute atomic E-state index is 12.9. The maximum atomic E-state index is 12.9. The molecule has 0 radical (unpaired) electrons. The highest BCUT2D eigenvalue weighted by Crippen LogP contribution is 2.19. The number of nitrogens with two attached hydrogens (primary N) is 1. The van der Waals surface area contributed by atoms with Gasteiger partial charge in [0.2, 0.25) is 5.91 Å². The molecule has 166 valence electrons. The molecule has 0 saturated carbocycles. The number of ether oxygens (including phenoxy) is 1. The molecule has 30 heavy (non-hydrogen) atoms. The van der Waals surface area contributed by atoms with Crippen molar-refractivity contribution in [1.29, 1.82) is 0 Å². The van der Waals surface area contributed by atoms with E-state index in [0.29, 0.717) is 30.6 Å². The van der Waals surface area contributed by atoms with Crippen molar-refractivity contribution in [3.8, 4) is 0 Å². The summed E-state index contributed by atoms with van der Waals surface area (Å²) in [6.45, 7) is 4.16. The zero-order chi connectivity index (χ0) is 23.4. The van der Waals surface area contributed by atoms with Gasteiger partial charge in [-0.05, 0) is 43.5 Å². The second kappa shape index (κ2) is 13.3. The summed E-state index contributed by atoms with van der Waals surface area (Å²) in [5.74, 6) is -0.826. The summed E-state index contributed by atoms with van der Waals surface area (Å²) in [6, 6.07) is 5.67. The number of hydrogen-bond acceptors (Lipinski definition) is 6. The van der Waals surface area contributed by atoms with E-state index in [2.05, 4.69) is 20.7 Å². The van der Waals surface area contributed by atoms with Gasteiger partial charge in [0.05, 0.1) is 6.04 Å². The van der Waals surface area contributed by atoms with Crippen LogP contribution in [0.1, 0.15) is 40.0 Å². The van der Waals surface area contributed by atoms with Crippen molar-refractivity contribution in [1.82, 2.24) is 10.6 Å². The van der Waals surface area contributed by atoms with Crippen molar-refractivity contribution < 1.29 is 25.3 Å². The Balaban J connectivity index is 2.80. The minimum Gasteiger partial charge on any atom is -0.463 e. The molecule has 0 aliphatic carbocycles. The summed E-state index contributed by atoms with van der Waals surface area (Å²) in [4.78, 5) is 47.0. The number of primary amides is 1. The van der Waals surface area contributed by atoms with Crippen LogP contribution in [-0.4, -0.2) is 43.8 Å². The predicted octanol–water partition coefficient (Wildman–Crippen LogP) is 1.57. The lowest BCUT2D eigenvalue weighted by Crippen LogP contribution is -2.40. The normalized spacial score (nSPS) is 13.1. The Labute approximate surface area is 178 Å². The first-order valence-corrected chi connectivity index (χ1v) is 9.90. The Hall–Kier alpha value is -2.94. The largest absolute Gasteiger partial charge is 0.463 e. The molecule has 0 bridgehead atoms. The van der Waals surface area contributed by atoms with Gasteiger partial charge in [-0.15, -0.1) is 0 Å². The number of carbonyl (C=O) groups is 4. The molecule has 0 aromatic heterocycles. The molecule has 0 aliphatic heterocycles. The second-order valence-corrected chi connectivity index (χ2v) is 7.37. The SMILES string of the molecule is [2H]C(=O)OCc1ccc(NC(=O)[C@H](CCCNC(N)=O)CC(=O)[C@@H](NC)C(C)C)cc1. The number of rotatable bonds is 13. The Morgan fingerprint density at radius 1 is 1.23 bits per heavy atom. The maximum Gasteiger partial charge on any atom is 0.312 e. The lowest BCUT2D eigenvalue weighted by Gasteiger charge is -2.22. The lowest BCUT2D eigenvalue weighted by atomic mass is 9.89. The Morgan fingerprint density at radius 2 is 1.90 bits per heavy atom. The number of carbonyl (C=O) groups excluding carboxylic acids is 4. The van der Waals surface area contributed by atoms with Crippen LogP contribution in [0.2, 0.25) is 0 Å². The smallest absolute Gasteiger partial charge is 0.312 e. The van der Waals surface area contributed by atoms with Crippen molar-refractivity contribution in [3.05, 3.63) is 29.8 Å². The molecule has 0 heterocycles. The molecule has 3 amide bonds. The van der Waals surface area contributed by atoms with E-state index in [0.717, 1.165) is 0 Å². The fraction of sp³-hybridized carbons (Fsp3) is 0.524. The number of amides is 3. The Kier molecular flexibility index (Phi) is 10.4. The highest BCUT2D eigenvalue weighted by atomic mass is 16.5. The number of benzene rings is 1. The molecule has 1 aromatic carbocycles. The van der Waals surface area contributed by atoms with Crippen LogP contribution in [-0.2, 0) is 25.7 Å². The molecule has 0 unspecified atom stereocenters. The quantitative estimate of drug-likeness (QED) is 0.282. The number of Topliss-reactive ketones (excluding diaryl/α,β-unsaturated/α-hetero) is 1. The van der Waals surface area contributed by atoms with Crippen LogP contribution in [0.3, 0.4) is 0 Å². The van der Waals surface area contributed by atoms with Crippen LogP contribution in [0.5, 0.6) is 0 Å². The van der Waals surface area contributed by atoms with Crippen molar-refractivity contribution in [2.75, 3.05) is 18.9 Å². The third kappa shape index (κ3) is 9.04. The van der Waals surface area contributed by atoms with Gasteiger partial charge < -0.3 is 26.4 Å². The predicted molar refractivity (Wildman–Crippen MR) is 114 cm³/mol. The minimum absolute atomic E-state index is 0.0266. The van der Waals surface area contributed by atoms with Crippen LogP contribution >= 0.6 is 0 Å². The van der Waals surface area contributed by atoms with Gasteiger partial charge in [-0.2, -0.15) is 0 Å². The first-order valence-electron chi connectivity index (χ1n) is 10.4. The van der Waals surface area contributed by atoms with Gasteiger partial charge >= 0.3 is 6.03 Å². The van der Waals surface area contributed by atoms with Gasteiger partial charge in [0, 0.05) is 24.6 Å². The molecule has 1 rings (SSSR count). The number of urea groups is 1. The summed E-state index contributed by atoms with van der Waals surface area (Å²) in [5.41, 5.74) is 6.28. The molecule has 9 nitrogen and oxygen atoms in total. The number of nitrogens with one attached hydrogen (secondary N) is 3. The van der Waals surface area contributed by atoms with Crippen molar-refractivity contribution in [2.24, 2.45) is 17.6 Å². The average Bonchev–Trinajstić information content (AvgIpc) is 2.69. The summed E-state index contributed by atoms with van der Waals surface area (Å²) >= 11 is 0. The van der Waals surface area contributed by atoms with E-state index in [1.807, 2.05) is 13.8 Å². The second-order valence-electron chi connectivity index (χ2n) is 7.37. The van der Waals surface area contributed by atoms with Crippen LogP contribution in [0, 0.1) is 11.8 Å². The minimum atomic E-state index is -1.11. The third-order valence-corrected chi connectivity index (χ3v) is 4.69. The standard InChI is InChI=1S/C21H32N4O5/c1-14(2)19(23-3)18(27)11-16(5-4-10-24-21(22)29)20(28)25-17-8-6-15(7-9-17)12-30-13-26/h6-9,13-14,16,19,23H,4-5,10-12H2,1-3H3,(H,25,28)(H3,22,24,29)/t16-,19+/m1/s1/i13D. The third-order valence-electron chi connectivity index (χ3n) is 4.69. The summed E-state index contributed by atoms with van der Waals surface area (Å²) in [6.07, 6.45) is -0.137. The zero-order valence-corrected chi connectivity index (χ0v) is 17.7. The molecular formula is C21H32N4O5. The molecule has 0 saturated heterocycles. The molecular weight excluding hydrogens is 388 g/mol. The molecule has 0 spiro atoms. The van der Waals surface area contributed by atoms with Crippen LogP contribution in [0.4, 0.5) is 10.5 Å². The average molecular weight is 422 g/mol. The lowest BCUT2D eigenvalue weighted by molar-refractivity contribution is -0.129. The molecule has 0 aliphatic rings. The molecule has 2 atom stereocenters. The Bertz CT molecular complexity index is 755. The van der Waals surface area contributed by atoms with Gasteiger partial charge in [-0.25, -0.2) is 4.79 Å². The summed E-state index contributed by atoms with van der Waals surface area (Å²) < 4.78 is 11.4. The fourth-order valence-electron chi connectivity index (χ4n) is 3.16. The van der Waals surface area contributed by atoms with Gasteiger partial charge in [-0.3, -0.25) is 14.4 Å². The van der Waals surface area contributed by atoms with E-state index >= 15 is 0 Å². The van der Waals surface area contributed by atoms with E-state index in [1.165, 1.54) is 0 Å². The fourth-order valence-corrected chi connectivity index (χ4v) is 3.16. The van der Waals surface area contributed by atoms with Gasteiger partial charge in [0.25, 0.3) is 6.45 Å². The highest BCUT2D eigenvalue weighted by molar-refractivity contribution is 5.96. The van der Waals surface area contributed by atoms with Crippen molar-refractivity contribution in [2.45, 2.75) is 45.8 Å². The number of anilines is 1. The molecule has 9 heteroatoms. The van der Waals surface area contributed by atoms with Crippen molar-refractivity contribution >= 4 is 29.9 Å². The monoisotopic (exact) mass is 421 g/mol. The van der Waals surface area contributed by atoms with Crippen LogP contribution < -0.4 is 21.7 Å². The summed E-state index contributed by atoms with van der Waals surface area (Å²) in [7, 11) is 1.72. The molecule has 1 aromatic rings. The van der Waals surface area contributed by atoms with Crippen LogP contribution in [0.25, 0.3) is 0 Å². The van der Waals surface area contributed by atoms with E-state index in [1.54, 1.807) is 31.3 Å². The zero-order valence-electron chi connectivity index (χ0n) is 18.7. The van der Waals surface area contributed by atoms with Crippen molar-refractivity contribution in [3.63, 3.8) is 0 Å². The van der Waals surface area contributed by atoms with Gasteiger partial charge in [0.1, 0.15) is 6.61 Å². The number of ketones is 1. The highest BCUT2D eigenvalue weighted by Gasteiger charge is 2.27. The number of hydrogen-bond donors (Lipinski definition) is 4. The van der Waals surface area contributed by atoms with E-state index in [4.69, 9.17) is 7.10 Å². The van der Waals surface area contributed by atoms with E-state index < -0.39 is 18.4 Å². The Morgan fingerprint density at radius 3 is 2.43 bits per heavy atom. The number of likely N-dealkylation sites (N-methyl/N-ethyl adjacent to an activating group) is 1. The first kappa shape index (κ1) is 23.3. The molecule has 5 N–H and O–H groups in total. The first-order chi connectivity index (χ1) is 14.6. The van der Waals surface area contributed by atoms with E-state index in [9.17, 15) is 19.2 Å². The summed E-state index contributed by atoms with van der Waals surface area (Å²) in [5, 5.41) is 8.29. The van der Waals surface area contributed by atoms with Gasteiger partial charge in [0.15, 0.2) is 7.15 Å². The van der Waals surface area contributed by atoms with Crippen LogP contribution in [0.15, 0.2) is 24.3 Å². The topological polar surface area (TPSA) is 140 Å².